The highest BCUT2D eigenvalue weighted by Crippen LogP contribution is 2.30. The average molecular weight is 413 g/mol. The Bertz CT molecular complexity index is 695. The van der Waals surface area contributed by atoms with Gasteiger partial charge >= 0.3 is 0 Å². The lowest BCUT2D eigenvalue weighted by Crippen LogP contribution is -2.01. The van der Waals surface area contributed by atoms with Crippen LogP contribution in [0.4, 0.5) is 0 Å². The van der Waals surface area contributed by atoms with Gasteiger partial charge in [-0.15, -0.1) is 11.8 Å². The molecule has 29 heavy (non-hydrogen) atoms. The van der Waals surface area contributed by atoms with Gasteiger partial charge in [0.25, 0.3) is 0 Å². The van der Waals surface area contributed by atoms with Gasteiger partial charge in [-0.25, -0.2) is 0 Å². The van der Waals surface area contributed by atoms with Crippen LogP contribution < -0.4 is 0 Å². The van der Waals surface area contributed by atoms with Crippen molar-refractivity contribution >= 4 is 11.8 Å². The lowest BCUT2D eigenvalue weighted by molar-refractivity contribution is 0.331. The number of allylic oxidation sites excluding steroid dienone is 6. The smallest absolute Gasteiger partial charge is 0.0639 e. The van der Waals surface area contributed by atoms with Crippen molar-refractivity contribution in [3.05, 3.63) is 76.9 Å². The molecule has 0 amide bonds. The summed E-state index contributed by atoms with van der Waals surface area (Å²) in [6.07, 6.45) is 15.9. The van der Waals surface area contributed by atoms with E-state index in [1.807, 2.05) is 18.7 Å². The van der Waals surface area contributed by atoms with Gasteiger partial charge in [-0.05, 0) is 78.4 Å². The number of aliphatic hydroxyl groups excluding tert-OH is 1. The van der Waals surface area contributed by atoms with Crippen LogP contribution in [-0.4, -0.2) is 17.0 Å². The van der Waals surface area contributed by atoms with Crippen LogP contribution in [0.3, 0.4) is 0 Å². The van der Waals surface area contributed by atoms with Crippen LogP contribution in [0.1, 0.15) is 73.1 Å². The van der Waals surface area contributed by atoms with Gasteiger partial charge in [0.05, 0.1) is 6.61 Å². The summed E-state index contributed by atoms with van der Waals surface area (Å²) in [5.41, 5.74) is 5.45. The molecule has 0 aliphatic carbocycles. The third-order valence-electron chi connectivity index (χ3n) is 4.89. The zero-order chi connectivity index (χ0) is 21.5. The summed E-state index contributed by atoms with van der Waals surface area (Å²) in [5.74, 6) is 0. The lowest BCUT2D eigenvalue weighted by atomic mass is 10.0. The summed E-state index contributed by atoms with van der Waals surface area (Å²) in [4.78, 5) is 1.33. The molecule has 1 aromatic rings. The molecule has 0 bridgehead atoms. The van der Waals surface area contributed by atoms with E-state index >= 15 is 0 Å². The molecular formula is C27H40OS. The molecule has 2 heteroatoms. The largest absolute Gasteiger partial charge is 0.392 e. The summed E-state index contributed by atoms with van der Waals surface area (Å²) < 4.78 is 0. The molecule has 0 spiro atoms. The molecule has 1 unspecified atom stereocenters. The molecule has 0 saturated carbocycles. The van der Waals surface area contributed by atoms with E-state index in [1.165, 1.54) is 21.6 Å². The Morgan fingerprint density at radius 1 is 0.862 bits per heavy atom. The third-order valence-corrected chi connectivity index (χ3v) is 6.04. The van der Waals surface area contributed by atoms with Crippen molar-refractivity contribution in [2.75, 3.05) is 6.61 Å². The highest BCUT2D eigenvalue weighted by molar-refractivity contribution is 8.00. The van der Waals surface area contributed by atoms with E-state index in [1.54, 1.807) is 0 Å². The van der Waals surface area contributed by atoms with Crippen LogP contribution in [0.25, 0.3) is 0 Å². The van der Waals surface area contributed by atoms with Crippen LogP contribution in [-0.2, 0) is 0 Å². The van der Waals surface area contributed by atoms with Crippen LogP contribution in [0.5, 0.6) is 0 Å². The number of benzene rings is 1. The van der Waals surface area contributed by atoms with E-state index in [9.17, 15) is 0 Å². The van der Waals surface area contributed by atoms with Crippen molar-refractivity contribution in [1.29, 1.82) is 0 Å². The summed E-state index contributed by atoms with van der Waals surface area (Å²) >= 11 is 1.95. The van der Waals surface area contributed by atoms with Gasteiger partial charge in [-0.3, -0.25) is 0 Å². The molecule has 0 aromatic heterocycles. The molecule has 0 heterocycles. The maximum Gasteiger partial charge on any atom is 0.0639 e. The Morgan fingerprint density at radius 3 is 2.10 bits per heavy atom. The fourth-order valence-corrected chi connectivity index (χ4v) is 4.53. The fourth-order valence-electron chi connectivity index (χ4n) is 3.22. The highest BCUT2D eigenvalue weighted by Gasteiger charge is 2.09. The van der Waals surface area contributed by atoms with E-state index in [-0.39, 0.29) is 6.61 Å². The second-order valence-electron chi connectivity index (χ2n) is 7.98. The van der Waals surface area contributed by atoms with Crippen molar-refractivity contribution in [2.24, 2.45) is 0 Å². The van der Waals surface area contributed by atoms with Crippen molar-refractivity contribution in [3.8, 4) is 0 Å². The van der Waals surface area contributed by atoms with Crippen LogP contribution >= 0.6 is 11.8 Å². The van der Waals surface area contributed by atoms with E-state index in [0.29, 0.717) is 5.25 Å². The second-order valence-corrected chi connectivity index (χ2v) is 9.29. The van der Waals surface area contributed by atoms with Gasteiger partial charge in [-0.2, -0.15) is 0 Å². The van der Waals surface area contributed by atoms with Crippen LogP contribution in [0, 0.1) is 0 Å². The zero-order valence-electron chi connectivity index (χ0n) is 19.1. The predicted molar refractivity (Wildman–Crippen MR) is 132 cm³/mol. The fraction of sp³-hybridized carbons (Fsp3) is 0.481. The summed E-state index contributed by atoms with van der Waals surface area (Å²) in [6, 6.07) is 10.7. The molecule has 1 N–H and O–H groups in total. The molecule has 1 nitrogen and oxygen atoms in total. The van der Waals surface area contributed by atoms with E-state index < -0.39 is 0 Å². The van der Waals surface area contributed by atoms with Gasteiger partial charge in [-0.1, -0.05) is 71.7 Å². The SMILES string of the molecule is CC/C=C(\C)CC/C=C(\C)CC(/C=C(\C)CC/C=C(\C)CO)Sc1ccccc1. The zero-order valence-corrected chi connectivity index (χ0v) is 19.9. The Morgan fingerprint density at radius 2 is 1.48 bits per heavy atom. The monoisotopic (exact) mass is 412 g/mol. The first-order chi connectivity index (χ1) is 13.9. The first kappa shape index (κ1) is 25.5. The molecular weight excluding hydrogens is 372 g/mol. The minimum atomic E-state index is 0.159. The molecule has 1 atom stereocenters. The standard InChI is InChI=1S/C27H40OS/c1-6-12-22(2)13-10-14-23(3)19-27(29-26-17-8-7-9-18-26)20-24(4)15-11-16-25(5)21-28/h7-9,12,14,16-18,20,27-28H,6,10-11,13,15,19,21H2,1-5H3/b22-12+,23-14+,24-20+,25-16+. The molecule has 0 saturated heterocycles. The molecule has 0 fully saturated rings. The Kier molecular flexibility index (Phi) is 13.5. The lowest BCUT2D eigenvalue weighted by Gasteiger charge is -2.15. The maximum absolute atomic E-state index is 9.15. The quantitative estimate of drug-likeness (QED) is 0.260. The van der Waals surface area contributed by atoms with Crippen LogP contribution in [0.15, 0.2) is 81.8 Å². The number of rotatable bonds is 13. The number of hydrogen-bond donors (Lipinski definition) is 1. The first-order valence-corrected chi connectivity index (χ1v) is 11.8. The molecule has 0 aliphatic rings. The number of aliphatic hydroxyl groups is 1. The predicted octanol–water partition coefficient (Wildman–Crippen LogP) is 8.29. The van der Waals surface area contributed by atoms with Crippen molar-refractivity contribution < 1.29 is 5.11 Å². The molecule has 0 radical (unpaired) electrons. The first-order valence-electron chi connectivity index (χ1n) is 10.9. The van der Waals surface area contributed by atoms with E-state index in [2.05, 4.69) is 82.3 Å². The normalized spacial score (nSPS) is 15.0. The summed E-state index contributed by atoms with van der Waals surface area (Å²) in [5, 5.41) is 9.60. The van der Waals surface area contributed by atoms with Crippen molar-refractivity contribution in [1.82, 2.24) is 0 Å². The maximum atomic E-state index is 9.15. The van der Waals surface area contributed by atoms with Crippen LogP contribution in [0.2, 0.25) is 0 Å². The van der Waals surface area contributed by atoms with Gasteiger partial charge in [0, 0.05) is 10.1 Å². The third kappa shape index (κ3) is 12.6. The van der Waals surface area contributed by atoms with Gasteiger partial charge < -0.3 is 5.11 Å². The number of hydrogen-bond acceptors (Lipinski definition) is 2. The molecule has 1 aromatic carbocycles. The molecule has 1 rings (SSSR count). The Balaban J connectivity index is 2.77. The van der Waals surface area contributed by atoms with E-state index in [4.69, 9.17) is 5.11 Å². The topological polar surface area (TPSA) is 20.2 Å². The highest BCUT2D eigenvalue weighted by atomic mass is 32.2. The van der Waals surface area contributed by atoms with Gasteiger partial charge in [0.1, 0.15) is 0 Å². The van der Waals surface area contributed by atoms with Gasteiger partial charge in [0.15, 0.2) is 0 Å². The van der Waals surface area contributed by atoms with Gasteiger partial charge in [0.2, 0.25) is 0 Å². The molecule has 0 aliphatic heterocycles. The Labute approximate surface area is 183 Å². The summed E-state index contributed by atoms with van der Waals surface area (Å²) in [6.45, 7) is 11.1. The second kappa shape index (κ2) is 15.3. The summed E-state index contributed by atoms with van der Waals surface area (Å²) in [7, 11) is 0. The average Bonchev–Trinajstić information content (AvgIpc) is 2.68. The van der Waals surface area contributed by atoms with E-state index in [0.717, 1.165) is 44.1 Å². The van der Waals surface area contributed by atoms with Crippen molar-refractivity contribution in [3.63, 3.8) is 0 Å². The number of thioether (sulfide) groups is 1. The minimum Gasteiger partial charge on any atom is -0.392 e. The van der Waals surface area contributed by atoms with Crippen molar-refractivity contribution in [2.45, 2.75) is 83.3 Å². The minimum absolute atomic E-state index is 0.159. The molecule has 160 valence electrons. The Hall–Kier alpha value is -1.51.